The number of ether oxygens (including phenoxy) is 1. The van der Waals surface area contributed by atoms with Crippen molar-refractivity contribution < 1.29 is 18.3 Å². The van der Waals surface area contributed by atoms with Gasteiger partial charge in [-0.15, -0.1) is 0 Å². The van der Waals surface area contributed by atoms with E-state index in [4.69, 9.17) is 11.6 Å². The van der Waals surface area contributed by atoms with Gasteiger partial charge in [0, 0.05) is 34.7 Å². The van der Waals surface area contributed by atoms with E-state index < -0.39 is 12.5 Å². The molecule has 0 unspecified atom stereocenters. The van der Waals surface area contributed by atoms with Gasteiger partial charge in [-0.2, -0.15) is 19.0 Å². The van der Waals surface area contributed by atoms with Crippen LogP contribution in [0, 0.1) is 0 Å². The number of benzene rings is 1. The molecule has 0 saturated carbocycles. The van der Waals surface area contributed by atoms with E-state index in [1.54, 1.807) is 12.3 Å². The summed E-state index contributed by atoms with van der Waals surface area (Å²) in [5.41, 5.74) is 1.25. The first kappa shape index (κ1) is 19.3. The van der Waals surface area contributed by atoms with Crippen molar-refractivity contribution in [2.75, 3.05) is 5.32 Å². The van der Waals surface area contributed by atoms with Crippen LogP contribution in [0.2, 0.25) is 5.02 Å². The zero-order valence-electron chi connectivity index (χ0n) is 14.2. The highest BCUT2D eigenvalue weighted by Crippen LogP contribution is 2.40. The lowest BCUT2D eigenvalue weighted by Crippen LogP contribution is -2.12. The highest BCUT2D eigenvalue weighted by atomic mass is 79.9. The number of amides is 1. The Morgan fingerprint density at radius 1 is 1.38 bits per heavy atom. The number of nitrogens with zero attached hydrogens (tertiary/aromatic N) is 4. The van der Waals surface area contributed by atoms with Gasteiger partial charge in [-0.05, 0) is 28.1 Å². The molecule has 12 heteroatoms. The molecule has 29 heavy (non-hydrogen) atoms. The lowest BCUT2D eigenvalue weighted by Gasteiger charge is -2.12. The van der Waals surface area contributed by atoms with Crippen molar-refractivity contribution in [3.8, 4) is 17.0 Å². The summed E-state index contributed by atoms with van der Waals surface area (Å²) in [7, 11) is 0. The standard InChI is InChI=1S/C17H10BrClF2N6O2/c18-10-4-8(13(5-11(10)19)29-17(20)21)14-12(7-23-26-14)25-16(28)9-6-24-27-3-1-2-22-15(9)27/h1-7,17H,(H,23,26)(H,25,28). The Bertz CT molecular complexity index is 1210. The maximum Gasteiger partial charge on any atom is 0.387 e. The van der Waals surface area contributed by atoms with Crippen LogP contribution in [0.1, 0.15) is 10.4 Å². The second-order valence-electron chi connectivity index (χ2n) is 5.69. The van der Waals surface area contributed by atoms with E-state index in [1.807, 2.05) is 0 Å². The van der Waals surface area contributed by atoms with E-state index in [0.29, 0.717) is 10.1 Å². The molecule has 0 aliphatic heterocycles. The molecular formula is C17H10BrClF2N6O2. The summed E-state index contributed by atoms with van der Waals surface area (Å²) in [5, 5.41) is 13.6. The maximum atomic E-state index is 12.8. The van der Waals surface area contributed by atoms with Crippen LogP contribution in [0.25, 0.3) is 16.9 Å². The predicted octanol–water partition coefficient (Wildman–Crippen LogP) is 4.39. The molecule has 0 atom stereocenters. The molecule has 0 aliphatic carbocycles. The van der Waals surface area contributed by atoms with Crippen molar-refractivity contribution in [1.29, 1.82) is 0 Å². The van der Waals surface area contributed by atoms with Gasteiger partial charge in [-0.1, -0.05) is 11.6 Å². The summed E-state index contributed by atoms with van der Waals surface area (Å²) in [6.07, 6.45) is 5.99. The van der Waals surface area contributed by atoms with Crippen LogP contribution in [0.15, 0.2) is 47.5 Å². The Hall–Kier alpha value is -3.05. The summed E-state index contributed by atoms with van der Waals surface area (Å²) in [4.78, 5) is 16.9. The SMILES string of the molecule is O=C(Nc1c[nH]nc1-c1cc(Br)c(Cl)cc1OC(F)F)c1cnn2cccnc12. The highest BCUT2D eigenvalue weighted by Gasteiger charge is 2.21. The zero-order chi connectivity index (χ0) is 20.5. The van der Waals surface area contributed by atoms with Gasteiger partial charge in [0.1, 0.15) is 17.0 Å². The largest absolute Gasteiger partial charge is 0.434 e. The minimum Gasteiger partial charge on any atom is -0.434 e. The number of anilines is 1. The number of H-pyrrole nitrogens is 1. The van der Waals surface area contributed by atoms with Gasteiger partial charge in [0.2, 0.25) is 0 Å². The number of aromatic nitrogens is 5. The zero-order valence-corrected chi connectivity index (χ0v) is 16.6. The molecule has 0 bridgehead atoms. The molecule has 148 valence electrons. The van der Waals surface area contributed by atoms with Crippen LogP contribution in [-0.2, 0) is 0 Å². The molecule has 0 aliphatic rings. The van der Waals surface area contributed by atoms with E-state index in [2.05, 4.69) is 46.3 Å². The minimum absolute atomic E-state index is 0.183. The molecule has 0 fully saturated rings. The van der Waals surface area contributed by atoms with E-state index in [0.717, 1.165) is 0 Å². The second-order valence-corrected chi connectivity index (χ2v) is 6.95. The molecule has 1 aromatic carbocycles. The average molecular weight is 484 g/mol. The minimum atomic E-state index is -3.06. The lowest BCUT2D eigenvalue weighted by atomic mass is 10.1. The Balaban J connectivity index is 1.71. The summed E-state index contributed by atoms with van der Waals surface area (Å²) in [6.45, 7) is -3.06. The maximum absolute atomic E-state index is 12.8. The Labute approximate surface area is 175 Å². The number of rotatable bonds is 5. The fraction of sp³-hybridized carbons (Fsp3) is 0.0588. The molecular weight excluding hydrogens is 474 g/mol. The van der Waals surface area contributed by atoms with Crippen molar-refractivity contribution in [1.82, 2.24) is 24.8 Å². The molecule has 8 nitrogen and oxygen atoms in total. The van der Waals surface area contributed by atoms with Crippen LogP contribution in [-0.4, -0.2) is 37.3 Å². The van der Waals surface area contributed by atoms with Crippen LogP contribution >= 0.6 is 27.5 Å². The number of carbonyl (C=O) groups is 1. The van der Waals surface area contributed by atoms with E-state index >= 15 is 0 Å². The first-order valence-electron chi connectivity index (χ1n) is 8.01. The Morgan fingerprint density at radius 2 is 2.21 bits per heavy atom. The van der Waals surface area contributed by atoms with Gasteiger partial charge in [0.05, 0.1) is 16.9 Å². The number of hydrogen-bond donors (Lipinski definition) is 2. The fourth-order valence-electron chi connectivity index (χ4n) is 2.67. The lowest BCUT2D eigenvalue weighted by molar-refractivity contribution is -0.0494. The van der Waals surface area contributed by atoms with E-state index in [-0.39, 0.29) is 33.3 Å². The quantitative estimate of drug-likeness (QED) is 0.439. The Morgan fingerprint density at radius 3 is 3.00 bits per heavy atom. The normalized spacial score (nSPS) is 11.2. The first-order chi connectivity index (χ1) is 13.9. The number of halogens is 4. The molecule has 0 radical (unpaired) electrons. The van der Waals surface area contributed by atoms with Crippen molar-refractivity contribution in [2.45, 2.75) is 6.61 Å². The summed E-state index contributed by atoms with van der Waals surface area (Å²) in [6, 6.07) is 4.39. The summed E-state index contributed by atoms with van der Waals surface area (Å²) < 4.78 is 32.1. The smallest absolute Gasteiger partial charge is 0.387 e. The molecule has 1 amide bonds. The van der Waals surface area contributed by atoms with Gasteiger partial charge in [0.15, 0.2) is 5.65 Å². The Kier molecular flexibility index (Phi) is 5.16. The molecule has 4 aromatic rings. The third-order valence-corrected chi connectivity index (χ3v) is 5.10. The molecule has 2 N–H and O–H groups in total. The number of nitrogens with one attached hydrogen (secondary N) is 2. The molecule has 3 aromatic heterocycles. The van der Waals surface area contributed by atoms with E-state index in [1.165, 1.54) is 35.2 Å². The van der Waals surface area contributed by atoms with Gasteiger partial charge in [-0.3, -0.25) is 9.89 Å². The number of carbonyl (C=O) groups excluding carboxylic acids is 1. The summed E-state index contributed by atoms with van der Waals surface area (Å²) >= 11 is 9.24. The molecule has 4 rings (SSSR count). The number of fused-ring (bicyclic) bond motifs is 1. The molecule has 0 saturated heterocycles. The second kappa shape index (κ2) is 7.76. The van der Waals surface area contributed by atoms with Crippen LogP contribution in [0.4, 0.5) is 14.5 Å². The highest BCUT2D eigenvalue weighted by molar-refractivity contribution is 9.10. The van der Waals surface area contributed by atoms with Crippen LogP contribution in [0.3, 0.4) is 0 Å². The van der Waals surface area contributed by atoms with Crippen molar-refractivity contribution in [3.05, 3.63) is 58.0 Å². The van der Waals surface area contributed by atoms with Gasteiger partial charge in [-0.25, -0.2) is 9.50 Å². The van der Waals surface area contributed by atoms with Crippen LogP contribution < -0.4 is 10.1 Å². The number of hydrogen-bond acceptors (Lipinski definition) is 5. The first-order valence-corrected chi connectivity index (χ1v) is 9.19. The topological polar surface area (TPSA) is 97.2 Å². The predicted molar refractivity (Wildman–Crippen MR) is 104 cm³/mol. The van der Waals surface area contributed by atoms with Crippen molar-refractivity contribution in [3.63, 3.8) is 0 Å². The number of alkyl halides is 2. The average Bonchev–Trinajstić information content (AvgIpc) is 3.31. The number of aromatic amines is 1. The van der Waals surface area contributed by atoms with Gasteiger partial charge < -0.3 is 10.1 Å². The summed E-state index contributed by atoms with van der Waals surface area (Å²) in [5.74, 6) is -0.681. The third kappa shape index (κ3) is 3.78. The monoisotopic (exact) mass is 482 g/mol. The van der Waals surface area contributed by atoms with Crippen molar-refractivity contribution >= 4 is 44.8 Å². The fourth-order valence-corrected chi connectivity index (χ4v) is 3.17. The third-order valence-electron chi connectivity index (χ3n) is 3.91. The molecule has 3 heterocycles. The van der Waals surface area contributed by atoms with E-state index in [9.17, 15) is 13.6 Å². The van der Waals surface area contributed by atoms with Gasteiger partial charge in [0.25, 0.3) is 5.91 Å². The molecule has 0 spiro atoms. The van der Waals surface area contributed by atoms with Crippen molar-refractivity contribution in [2.24, 2.45) is 0 Å². The van der Waals surface area contributed by atoms with Crippen LogP contribution in [0.5, 0.6) is 5.75 Å². The van der Waals surface area contributed by atoms with Gasteiger partial charge >= 0.3 is 6.61 Å².